The van der Waals surface area contributed by atoms with Gasteiger partial charge < -0.3 is 5.11 Å². The Balaban J connectivity index is 1.94. The first-order valence-corrected chi connectivity index (χ1v) is 10.2. The molecule has 3 atom stereocenters. The zero-order chi connectivity index (χ0) is 18.5. The molecule has 3 aromatic carbocycles. The molecule has 0 aliphatic heterocycles. The summed E-state index contributed by atoms with van der Waals surface area (Å²) in [6.07, 6.45) is -0.527. The fraction of sp³-hybridized carbons (Fsp3) is 0.217. The molecule has 0 aliphatic carbocycles. The van der Waals surface area contributed by atoms with Gasteiger partial charge in [0.2, 0.25) is 0 Å². The highest BCUT2D eigenvalue weighted by atomic mass is 31.1. The fourth-order valence-electron chi connectivity index (χ4n) is 3.08. The Morgan fingerprint density at radius 3 is 1.85 bits per heavy atom. The van der Waals surface area contributed by atoms with Crippen LogP contribution in [0.1, 0.15) is 24.2 Å². The molecule has 26 heavy (non-hydrogen) atoms. The summed E-state index contributed by atoms with van der Waals surface area (Å²) in [6, 6.07) is 29.3. The second kappa shape index (κ2) is 8.60. The monoisotopic (exact) mass is 363 g/mol. The van der Waals surface area contributed by atoms with Crippen LogP contribution in [0.15, 0.2) is 84.9 Å². The fourth-order valence-corrected chi connectivity index (χ4v) is 5.49. The van der Waals surface area contributed by atoms with Crippen LogP contribution in [0.5, 0.6) is 0 Å². The van der Waals surface area contributed by atoms with Crippen molar-refractivity contribution in [1.82, 2.24) is 4.67 Å². The molecule has 1 unspecified atom stereocenters. The molecular formula is C23H26NOP. The van der Waals surface area contributed by atoms with E-state index in [1.54, 1.807) is 0 Å². The molecule has 134 valence electrons. The number of hydrogen-bond donors (Lipinski definition) is 1. The van der Waals surface area contributed by atoms with Gasteiger partial charge in [0.1, 0.15) is 0 Å². The van der Waals surface area contributed by atoms with Crippen molar-refractivity contribution in [3.05, 3.63) is 96.1 Å². The molecular weight excluding hydrogens is 337 g/mol. The Kier molecular flexibility index (Phi) is 6.21. The third-order valence-electron chi connectivity index (χ3n) is 4.78. The van der Waals surface area contributed by atoms with E-state index in [2.05, 4.69) is 74.1 Å². The van der Waals surface area contributed by atoms with Crippen LogP contribution in [-0.4, -0.2) is 22.9 Å². The summed E-state index contributed by atoms with van der Waals surface area (Å²) >= 11 is 0. The lowest BCUT2D eigenvalue weighted by Crippen LogP contribution is -2.36. The molecule has 0 aliphatic rings. The van der Waals surface area contributed by atoms with Crippen LogP contribution in [0.25, 0.3) is 0 Å². The van der Waals surface area contributed by atoms with E-state index < -0.39 is 14.2 Å². The van der Waals surface area contributed by atoms with E-state index in [9.17, 15) is 5.11 Å². The third-order valence-corrected chi connectivity index (χ3v) is 7.35. The van der Waals surface area contributed by atoms with E-state index in [4.69, 9.17) is 0 Å². The van der Waals surface area contributed by atoms with Crippen molar-refractivity contribution in [2.75, 3.05) is 7.05 Å². The first-order chi connectivity index (χ1) is 12.6. The van der Waals surface area contributed by atoms with Crippen LogP contribution in [0.3, 0.4) is 0 Å². The van der Waals surface area contributed by atoms with Gasteiger partial charge in [-0.2, -0.15) is 0 Å². The van der Waals surface area contributed by atoms with Crippen LogP contribution < -0.4 is 10.6 Å². The summed E-state index contributed by atoms with van der Waals surface area (Å²) in [4.78, 5) is 0. The predicted molar refractivity (Wildman–Crippen MR) is 112 cm³/mol. The quantitative estimate of drug-likeness (QED) is 0.657. The van der Waals surface area contributed by atoms with Gasteiger partial charge in [0.25, 0.3) is 0 Å². The molecule has 0 fully saturated rings. The molecule has 0 aromatic heterocycles. The second-order valence-corrected chi connectivity index (χ2v) is 8.94. The summed E-state index contributed by atoms with van der Waals surface area (Å²) in [7, 11) is 1.41. The minimum atomic E-state index is -0.713. The number of benzene rings is 3. The molecule has 0 spiro atoms. The van der Waals surface area contributed by atoms with Gasteiger partial charge in [-0.15, -0.1) is 0 Å². The Morgan fingerprint density at radius 2 is 1.27 bits per heavy atom. The Hall–Kier alpha value is -1.99. The van der Waals surface area contributed by atoms with E-state index in [0.717, 1.165) is 5.56 Å². The lowest BCUT2D eigenvalue weighted by atomic mass is 10.0. The minimum absolute atomic E-state index is 0.00924. The van der Waals surface area contributed by atoms with Crippen molar-refractivity contribution in [3.8, 4) is 0 Å². The maximum Gasteiger partial charge on any atom is 0.0945 e. The lowest BCUT2D eigenvalue weighted by molar-refractivity contribution is 0.111. The van der Waals surface area contributed by atoms with Crippen molar-refractivity contribution in [1.29, 1.82) is 0 Å². The Bertz CT molecular complexity index is 805. The second-order valence-electron chi connectivity index (χ2n) is 6.65. The summed E-state index contributed by atoms with van der Waals surface area (Å²) in [5, 5.41) is 13.5. The van der Waals surface area contributed by atoms with Crippen molar-refractivity contribution in [2.24, 2.45) is 0 Å². The van der Waals surface area contributed by atoms with E-state index >= 15 is 0 Å². The standard InChI is InChI=1S/C23H26NOP/c1-18-14-16-22(17-15-18)26(21-12-8-5-9-13-21)24(3)19(2)23(25)20-10-6-4-7-11-20/h4-17,19,23,25H,1-3H3/t19-,23?,26-/m0/s1. The molecule has 3 heteroatoms. The zero-order valence-electron chi connectivity index (χ0n) is 15.6. The first-order valence-electron chi connectivity index (χ1n) is 8.95. The van der Waals surface area contributed by atoms with E-state index in [0.29, 0.717) is 0 Å². The van der Waals surface area contributed by atoms with Crippen LogP contribution in [-0.2, 0) is 0 Å². The number of hydrogen-bond acceptors (Lipinski definition) is 2. The molecule has 3 aromatic rings. The number of rotatable bonds is 6. The normalized spacial score (nSPS) is 14.8. The van der Waals surface area contributed by atoms with Crippen LogP contribution in [0.4, 0.5) is 0 Å². The molecule has 0 saturated heterocycles. The maximum atomic E-state index is 10.9. The molecule has 0 radical (unpaired) electrons. The largest absolute Gasteiger partial charge is 0.387 e. The SMILES string of the molecule is Cc1ccc([P@](c2ccccc2)N(C)[C@@H](C)C(O)c2ccccc2)cc1. The Labute approximate surface area is 157 Å². The molecule has 0 bridgehead atoms. The molecule has 2 nitrogen and oxygen atoms in total. The van der Waals surface area contributed by atoms with Gasteiger partial charge in [0, 0.05) is 14.1 Å². The number of aliphatic hydroxyl groups is 1. The van der Waals surface area contributed by atoms with Crippen LogP contribution >= 0.6 is 8.07 Å². The first kappa shape index (κ1) is 18.8. The zero-order valence-corrected chi connectivity index (χ0v) is 16.5. The predicted octanol–water partition coefficient (Wildman–Crippen LogP) is 4.40. The van der Waals surface area contributed by atoms with Crippen molar-refractivity contribution in [2.45, 2.75) is 26.0 Å². The summed E-state index contributed by atoms with van der Waals surface area (Å²) in [5.74, 6) is 0. The molecule has 1 N–H and O–H groups in total. The van der Waals surface area contributed by atoms with Gasteiger partial charge in [-0.05, 0) is 37.1 Å². The molecule has 0 saturated carbocycles. The number of aliphatic hydroxyl groups excluding tert-OH is 1. The van der Waals surface area contributed by atoms with Gasteiger partial charge in [-0.25, -0.2) is 0 Å². The Morgan fingerprint density at radius 1 is 0.769 bits per heavy atom. The third kappa shape index (κ3) is 4.22. The maximum absolute atomic E-state index is 10.9. The van der Waals surface area contributed by atoms with Gasteiger partial charge in [-0.3, -0.25) is 4.67 Å². The van der Waals surface area contributed by atoms with Crippen molar-refractivity contribution >= 4 is 18.7 Å². The molecule has 3 rings (SSSR count). The van der Waals surface area contributed by atoms with Crippen molar-refractivity contribution in [3.63, 3.8) is 0 Å². The highest BCUT2D eigenvalue weighted by Crippen LogP contribution is 2.41. The van der Waals surface area contributed by atoms with Gasteiger partial charge in [-0.1, -0.05) is 90.5 Å². The van der Waals surface area contributed by atoms with E-state index in [1.807, 2.05) is 36.4 Å². The average Bonchev–Trinajstić information content (AvgIpc) is 2.70. The van der Waals surface area contributed by atoms with Gasteiger partial charge in [0.15, 0.2) is 0 Å². The topological polar surface area (TPSA) is 23.5 Å². The number of likely N-dealkylation sites (N-methyl/N-ethyl adjacent to an activating group) is 1. The number of nitrogens with zero attached hydrogens (tertiary/aromatic N) is 1. The molecule has 0 heterocycles. The van der Waals surface area contributed by atoms with E-state index in [-0.39, 0.29) is 6.04 Å². The van der Waals surface area contributed by atoms with Gasteiger partial charge in [0.05, 0.1) is 6.10 Å². The summed E-state index contributed by atoms with van der Waals surface area (Å²) < 4.78 is 2.33. The smallest absolute Gasteiger partial charge is 0.0945 e. The van der Waals surface area contributed by atoms with Crippen LogP contribution in [0, 0.1) is 6.92 Å². The summed E-state index contributed by atoms with van der Waals surface area (Å²) in [6.45, 7) is 4.21. The highest BCUT2D eigenvalue weighted by molar-refractivity contribution is 7.70. The average molecular weight is 363 g/mol. The minimum Gasteiger partial charge on any atom is -0.387 e. The van der Waals surface area contributed by atoms with E-state index in [1.165, 1.54) is 16.2 Å². The number of aryl methyl sites for hydroxylation is 1. The van der Waals surface area contributed by atoms with Crippen LogP contribution in [0.2, 0.25) is 0 Å². The van der Waals surface area contributed by atoms with Gasteiger partial charge >= 0.3 is 0 Å². The summed E-state index contributed by atoms with van der Waals surface area (Å²) in [5.41, 5.74) is 2.22. The highest BCUT2D eigenvalue weighted by Gasteiger charge is 2.28. The molecule has 0 amide bonds. The lowest BCUT2D eigenvalue weighted by Gasteiger charge is -2.36. The van der Waals surface area contributed by atoms with Crippen molar-refractivity contribution < 1.29 is 5.11 Å².